The number of imide groups is 2. The van der Waals surface area contributed by atoms with E-state index < -0.39 is 17.8 Å². The summed E-state index contributed by atoms with van der Waals surface area (Å²) in [4.78, 5) is 35.6. The highest BCUT2D eigenvalue weighted by molar-refractivity contribution is 6.31. The Morgan fingerprint density at radius 3 is 2.16 bits per heavy atom. The molecule has 0 unspecified atom stereocenters. The molecule has 156 valence electrons. The molecule has 0 atom stereocenters. The smallest absolute Gasteiger partial charge is 0.273 e. The van der Waals surface area contributed by atoms with Crippen molar-refractivity contribution in [2.24, 2.45) is 0 Å². The van der Waals surface area contributed by atoms with Crippen molar-refractivity contribution < 1.29 is 14.4 Å². The van der Waals surface area contributed by atoms with E-state index >= 15 is 0 Å². The second-order valence-corrected chi connectivity index (χ2v) is 7.30. The molecule has 7 heteroatoms. The molecule has 4 rings (SSSR count). The summed E-state index contributed by atoms with van der Waals surface area (Å²) in [5.74, 6) is -1.44. The largest absolute Gasteiger partial charge is 0.328 e. The highest BCUT2D eigenvalue weighted by atomic mass is 16.2. The molecule has 4 amide bonds. The molecule has 0 aliphatic carbocycles. The van der Waals surface area contributed by atoms with Crippen LogP contribution >= 0.6 is 0 Å². The van der Waals surface area contributed by atoms with E-state index in [-0.39, 0.29) is 5.57 Å². The Morgan fingerprint density at radius 2 is 1.48 bits per heavy atom. The number of benzene rings is 2. The molecular formula is C24H22N4O3. The van der Waals surface area contributed by atoms with E-state index in [4.69, 9.17) is 5.10 Å². The summed E-state index contributed by atoms with van der Waals surface area (Å²) in [6, 6.07) is 19.1. The van der Waals surface area contributed by atoms with Crippen LogP contribution in [0, 0.1) is 0 Å². The number of carbonyl (C=O) groups is 3. The first kappa shape index (κ1) is 20.3. The van der Waals surface area contributed by atoms with Crippen LogP contribution in [0.2, 0.25) is 0 Å². The minimum absolute atomic E-state index is 0.125. The van der Waals surface area contributed by atoms with Gasteiger partial charge in [-0.15, -0.1) is 0 Å². The molecule has 0 radical (unpaired) electrons. The van der Waals surface area contributed by atoms with E-state index in [1.165, 1.54) is 11.6 Å². The number of barbiturate groups is 1. The summed E-state index contributed by atoms with van der Waals surface area (Å²) in [7, 11) is 0. The van der Waals surface area contributed by atoms with Gasteiger partial charge < -0.3 is 0 Å². The molecule has 2 aromatic carbocycles. The van der Waals surface area contributed by atoms with Gasteiger partial charge in [0.15, 0.2) is 0 Å². The number of nitrogens with zero attached hydrogens (tertiary/aromatic N) is 2. The maximum absolute atomic E-state index is 12.1. The standard InChI is InChI=1S/C24H22N4O3/c29-22-20(23(30)26-24(31)25-22)15-19-16-28(27-21(19)18-12-5-2-6-13-18)14-8-7-11-17-9-3-1-4-10-17/h1-6,9-10,12-13,15-16H,7-8,11,14H2,(H2,25,26,29,30,31). The minimum Gasteiger partial charge on any atom is -0.273 e. The van der Waals surface area contributed by atoms with Crippen LogP contribution in [0.3, 0.4) is 0 Å². The van der Waals surface area contributed by atoms with E-state index in [9.17, 15) is 14.4 Å². The zero-order valence-electron chi connectivity index (χ0n) is 16.9. The van der Waals surface area contributed by atoms with Crippen LogP contribution in [-0.2, 0) is 22.6 Å². The van der Waals surface area contributed by atoms with Crippen molar-refractivity contribution in [3.63, 3.8) is 0 Å². The van der Waals surface area contributed by atoms with E-state index in [0.717, 1.165) is 24.8 Å². The molecule has 31 heavy (non-hydrogen) atoms. The number of hydrogen-bond donors (Lipinski definition) is 2. The Hall–Kier alpha value is -4.00. The molecule has 1 aliphatic rings. The first-order valence-corrected chi connectivity index (χ1v) is 10.2. The van der Waals surface area contributed by atoms with Crippen molar-refractivity contribution in [1.82, 2.24) is 20.4 Å². The third-order valence-corrected chi connectivity index (χ3v) is 5.03. The van der Waals surface area contributed by atoms with Gasteiger partial charge in [0, 0.05) is 23.9 Å². The first-order chi connectivity index (χ1) is 15.1. The Kier molecular flexibility index (Phi) is 6.03. The zero-order valence-corrected chi connectivity index (χ0v) is 16.9. The second-order valence-electron chi connectivity index (χ2n) is 7.30. The molecule has 2 N–H and O–H groups in total. The Bertz CT molecular complexity index is 1110. The van der Waals surface area contributed by atoms with Gasteiger partial charge in [-0.3, -0.25) is 24.9 Å². The molecule has 3 aromatic rings. The lowest BCUT2D eigenvalue weighted by Crippen LogP contribution is -2.51. The predicted octanol–water partition coefficient (Wildman–Crippen LogP) is 3.32. The average Bonchev–Trinajstić information content (AvgIpc) is 3.18. The summed E-state index contributed by atoms with van der Waals surface area (Å²) in [6.07, 6.45) is 6.27. The van der Waals surface area contributed by atoms with Crippen LogP contribution in [0.25, 0.3) is 17.3 Å². The Morgan fingerprint density at radius 1 is 0.839 bits per heavy atom. The second kappa shape index (κ2) is 9.21. The van der Waals surface area contributed by atoms with Gasteiger partial charge in [0.25, 0.3) is 11.8 Å². The molecule has 1 saturated heterocycles. The SMILES string of the molecule is O=C1NC(=O)C(=Cc2cn(CCCCc3ccccc3)nc2-c2ccccc2)C(=O)N1. The van der Waals surface area contributed by atoms with Gasteiger partial charge in [-0.1, -0.05) is 60.7 Å². The number of aryl methyl sites for hydroxylation is 2. The topological polar surface area (TPSA) is 93.1 Å². The van der Waals surface area contributed by atoms with Crippen LogP contribution in [-0.4, -0.2) is 27.6 Å². The molecule has 1 aliphatic heterocycles. The zero-order chi connectivity index (χ0) is 21.6. The van der Waals surface area contributed by atoms with Crippen molar-refractivity contribution in [3.8, 4) is 11.3 Å². The number of aromatic nitrogens is 2. The molecular weight excluding hydrogens is 392 g/mol. The van der Waals surface area contributed by atoms with Crippen LogP contribution < -0.4 is 10.6 Å². The van der Waals surface area contributed by atoms with Crippen LogP contribution in [0.4, 0.5) is 4.79 Å². The van der Waals surface area contributed by atoms with E-state index in [1.54, 1.807) is 0 Å². The van der Waals surface area contributed by atoms with Gasteiger partial charge in [-0.05, 0) is 30.9 Å². The van der Waals surface area contributed by atoms with Crippen molar-refractivity contribution >= 4 is 23.9 Å². The fourth-order valence-corrected chi connectivity index (χ4v) is 3.49. The lowest BCUT2D eigenvalue weighted by molar-refractivity contribution is -0.123. The minimum atomic E-state index is -0.815. The normalized spacial score (nSPS) is 13.7. The highest BCUT2D eigenvalue weighted by Gasteiger charge is 2.28. The van der Waals surface area contributed by atoms with Crippen molar-refractivity contribution in [1.29, 1.82) is 0 Å². The number of carbonyl (C=O) groups excluding carboxylic acids is 3. The fourth-order valence-electron chi connectivity index (χ4n) is 3.49. The maximum Gasteiger partial charge on any atom is 0.328 e. The number of urea groups is 1. The summed E-state index contributed by atoms with van der Waals surface area (Å²) in [5.41, 5.74) is 3.38. The number of unbranched alkanes of at least 4 members (excludes halogenated alkanes) is 1. The maximum atomic E-state index is 12.1. The average molecular weight is 414 g/mol. The molecule has 7 nitrogen and oxygen atoms in total. The molecule has 0 saturated carbocycles. The highest BCUT2D eigenvalue weighted by Crippen LogP contribution is 2.25. The monoisotopic (exact) mass is 414 g/mol. The van der Waals surface area contributed by atoms with E-state index in [2.05, 4.69) is 22.8 Å². The van der Waals surface area contributed by atoms with Crippen molar-refractivity contribution in [2.45, 2.75) is 25.8 Å². The molecule has 0 spiro atoms. The van der Waals surface area contributed by atoms with Crippen LogP contribution in [0.5, 0.6) is 0 Å². The summed E-state index contributed by atoms with van der Waals surface area (Å²) in [6.45, 7) is 0.715. The number of hydrogen-bond acceptors (Lipinski definition) is 4. The van der Waals surface area contributed by atoms with Gasteiger partial charge >= 0.3 is 6.03 Å². The first-order valence-electron chi connectivity index (χ1n) is 10.2. The lowest BCUT2D eigenvalue weighted by Gasteiger charge is -2.13. The van der Waals surface area contributed by atoms with Gasteiger partial charge in [0.1, 0.15) is 5.57 Å². The molecule has 1 fully saturated rings. The third kappa shape index (κ3) is 4.95. The van der Waals surface area contributed by atoms with Gasteiger partial charge in [-0.25, -0.2) is 4.79 Å². The third-order valence-electron chi connectivity index (χ3n) is 5.03. The Labute approximate surface area is 179 Å². The van der Waals surface area contributed by atoms with Gasteiger partial charge in [-0.2, -0.15) is 5.10 Å². The fraction of sp³-hybridized carbons (Fsp3) is 0.167. The quantitative estimate of drug-likeness (QED) is 0.352. The molecule has 1 aromatic heterocycles. The number of rotatable bonds is 7. The summed E-state index contributed by atoms with van der Waals surface area (Å²) in [5, 5.41) is 8.89. The summed E-state index contributed by atoms with van der Waals surface area (Å²) >= 11 is 0. The van der Waals surface area contributed by atoms with Gasteiger partial charge in [0.05, 0.1) is 5.69 Å². The van der Waals surface area contributed by atoms with E-state index in [1.807, 2.05) is 59.4 Å². The van der Waals surface area contributed by atoms with Crippen LogP contribution in [0.15, 0.2) is 72.4 Å². The molecule has 0 bridgehead atoms. The van der Waals surface area contributed by atoms with Crippen molar-refractivity contribution in [2.75, 3.05) is 0 Å². The molecule has 2 heterocycles. The number of nitrogens with one attached hydrogen (secondary N) is 2. The Balaban J connectivity index is 1.55. The van der Waals surface area contributed by atoms with E-state index in [0.29, 0.717) is 17.8 Å². The summed E-state index contributed by atoms with van der Waals surface area (Å²) < 4.78 is 1.84. The van der Waals surface area contributed by atoms with Gasteiger partial charge in [0.2, 0.25) is 0 Å². The predicted molar refractivity (Wildman–Crippen MR) is 117 cm³/mol. The van der Waals surface area contributed by atoms with Crippen molar-refractivity contribution in [3.05, 3.63) is 83.6 Å². The number of amides is 4. The van der Waals surface area contributed by atoms with Crippen LogP contribution in [0.1, 0.15) is 24.0 Å². The lowest BCUT2D eigenvalue weighted by atomic mass is 10.0.